The number of anilines is 1. The molecule has 0 bridgehead atoms. The summed E-state index contributed by atoms with van der Waals surface area (Å²) < 4.78 is 0. The Morgan fingerprint density at radius 1 is 1.24 bits per heavy atom. The SMILES string of the molecule is CC[C@H](C)[C@H](NC(=O)c1ccccc1NC(C)=O)C(=O)O. The van der Waals surface area contributed by atoms with Crippen molar-refractivity contribution >= 4 is 23.5 Å². The first-order valence-corrected chi connectivity index (χ1v) is 6.77. The molecule has 0 aromatic heterocycles. The second-order valence-electron chi connectivity index (χ2n) is 4.90. The molecule has 0 aliphatic heterocycles. The summed E-state index contributed by atoms with van der Waals surface area (Å²) in [6.07, 6.45) is 0.630. The van der Waals surface area contributed by atoms with Gasteiger partial charge in [-0.25, -0.2) is 4.79 Å². The fraction of sp³-hybridized carbons (Fsp3) is 0.400. The van der Waals surface area contributed by atoms with E-state index in [1.807, 2.05) is 6.92 Å². The summed E-state index contributed by atoms with van der Waals surface area (Å²) in [6, 6.07) is 5.50. The zero-order chi connectivity index (χ0) is 16.0. The molecule has 1 rings (SSSR count). The predicted octanol–water partition coefficient (Wildman–Crippen LogP) is 1.87. The number of carbonyl (C=O) groups excluding carboxylic acids is 2. The fourth-order valence-corrected chi connectivity index (χ4v) is 1.88. The number of carboxylic acids is 1. The maximum Gasteiger partial charge on any atom is 0.326 e. The van der Waals surface area contributed by atoms with E-state index in [1.165, 1.54) is 13.0 Å². The molecular formula is C15H20N2O4. The molecule has 0 saturated heterocycles. The van der Waals surface area contributed by atoms with E-state index in [0.717, 1.165) is 0 Å². The standard InChI is InChI=1S/C15H20N2O4/c1-4-9(2)13(15(20)21)17-14(19)11-7-5-6-8-12(11)16-10(3)18/h5-9,13H,4H2,1-3H3,(H,16,18)(H,17,19)(H,20,21)/t9-,13-/m0/s1. The van der Waals surface area contributed by atoms with Gasteiger partial charge in [-0.1, -0.05) is 32.4 Å². The van der Waals surface area contributed by atoms with Gasteiger partial charge in [0.1, 0.15) is 6.04 Å². The van der Waals surface area contributed by atoms with E-state index in [2.05, 4.69) is 10.6 Å². The van der Waals surface area contributed by atoms with Gasteiger partial charge >= 0.3 is 5.97 Å². The zero-order valence-corrected chi connectivity index (χ0v) is 12.3. The highest BCUT2D eigenvalue weighted by Crippen LogP contribution is 2.16. The van der Waals surface area contributed by atoms with Crippen LogP contribution in [0.5, 0.6) is 0 Å². The van der Waals surface area contributed by atoms with Crippen LogP contribution in [0.3, 0.4) is 0 Å². The van der Waals surface area contributed by atoms with Crippen LogP contribution in [-0.4, -0.2) is 28.9 Å². The minimum atomic E-state index is -1.07. The second-order valence-corrected chi connectivity index (χ2v) is 4.90. The van der Waals surface area contributed by atoms with Crippen LogP contribution in [0.2, 0.25) is 0 Å². The lowest BCUT2D eigenvalue weighted by molar-refractivity contribution is -0.140. The van der Waals surface area contributed by atoms with Gasteiger partial charge in [0, 0.05) is 6.92 Å². The smallest absolute Gasteiger partial charge is 0.326 e. The molecule has 6 heteroatoms. The highest BCUT2D eigenvalue weighted by molar-refractivity contribution is 6.04. The summed E-state index contributed by atoms with van der Waals surface area (Å²) in [4.78, 5) is 34.6. The Balaban J connectivity index is 2.97. The Morgan fingerprint density at radius 2 is 1.86 bits per heavy atom. The molecule has 1 aromatic rings. The van der Waals surface area contributed by atoms with E-state index in [-0.39, 0.29) is 17.4 Å². The van der Waals surface area contributed by atoms with Gasteiger partial charge in [-0.3, -0.25) is 9.59 Å². The van der Waals surface area contributed by atoms with Crippen molar-refractivity contribution in [2.45, 2.75) is 33.2 Å². The number of aliphatic carboxylic acids is 1. The lowest BCUT2D eigenvalue weighted by atomic mass is 9.98. The molecule has 3 N–H and O–H groups in total. The van der Waals surface area contributed by atoms with Crippen LogP contribution in [0.15, 0.2) is 24.3 Å². The van der Waals surface area contributed by atoms with Crippen molar-refractivity contribution < 1.29 is 19.5 Å². The molecule has 1 aromatic carbocycles. The third-order valence-corrected chi connectivity index (χ3v) is 3.25. The lowest BCUT2D eigenvalue weighted by Gasteiger charge is -2.20. The quantitative estimate of drug-likeness (QED) is 0.746. The van der Waals surface area contributed by atoms with Gasteiger partial charge in [-0.2, -0.15) is 0 Å². The molecule has 0 radical (unpaired) electrons. The molecule has 0 saturated carbocycles. The number of para-hydroxylation sites is 1. The van der Waals surface area contributed by atoms with Gasteiger partial charge < -0.3 is 15.7 Å². The molecule has 0 fully saturated rings. The number of benzene rings is 1. The van der Waals surface area contributed by atoms with Gasteiger partial charge in [0.05, 0.1) is 11.3 Å². The Labute approximate surface area is 123 Å². The van der Waals surface area contributed by atoms with E-state index < -0.39 is 17.9 Å². The molecule has 0 aliphatic rings. The van der Waals surface area contributed by atoms with Gasteiger partial charge in [0.25, 0.3) is 5.91 Å². The maximum absolute atomic E-state index is 12.3. The first-order chi connectivity index (χ1) is 9.86. The molecule has 2 atom stereocenters. The Bertz CT molecular complexity index is 542. The molecule has 0 spiro atoms. The van der Waals surface area contributed by atoms with Gasteiger partial charge in [0.2, 0.25) is 5.91 Å². The van der Waals surface area contributed by atoms with Crippen molar-refractivity contribution in [2.75, 3.05) is 5.32 Å². The fourth-order valence-electron chi connectivity index (χ4n) is 1.88. The third-order valence-electron chi connectivity index (χ3n) is 3.25. The number of amides is 2. The molecule has 114 valence electrons. The molecule has 0 aliphatic carbocycles. The second kappa shape index (κ2) is 7.42. The van der Waals surface area contributed by atoms with Crippen LogP contribution in [0, 0.1) is 5.92 Å². The van der Waals surface area contributed by atoms with Crippen molar-refractivity contribution in [2.24, 2.45) is 5.92 Å². The monoisotopic (exact) mass is 292 g/mol. The first-order valence-electron chi connectivity index (χ1n) is 6.77. The van der Waals surface area contributed by atoms with Crippen molar-refractivity contribution in [3.05, 3.63) is 29.8 Å². The molecule has 6 nitrogen and oxygen atoms in total. The molecule has 21 heavy (non-hydrogen) atoms. The number of carboxylic acid groups (broad SMARTS) is 1. The highest BCUT2D eigenvalue weighted by atomic mass is 16.4. The number of hydrogen-bond donors (Lipinski definition) is 3. The minimum absolute atomic E-state index is 0.195. The average Bonchev–Trinajstić information content (AvgIpc) is 2.43. The van der Waals surface area contributed by atoms with Crippen molar-refractivity contribution in [3.63, 3.8) is 0 Å². The van der Waals surface area contributed by atoms with E-state index in [9.17, 15) is 19.5 Å². The minimum Gasteiger partial charge on any atom is -0.480 e. The summed E-state index contributed by atoms with van der Waals surface area (Å²) in [5.74, 6) is -2.09. The normalized spacial score (nSPS) is 13.1. The highest BCUT2D eigenvalue weighted by Gasteiger charge is 2.26. The van der Waals surface area contributed by atoms with Crippen LogP contribution >= 0.6 is 0 Å². The summed E-state index contributed by atoms with van der Waals surface area (Å²) in [7, 11) is 0. The third kappa shape index (κ3) is 4.59. The van der Waals surface area contributed by atoms with Gasteiger partial charge in [-0.15, -0.1) is 0 Å². The summed E-state index contributed by atoms with van der Waals surface area (Å²) in [5.41, 5.74) is 0.595. The number of hydrogen-bond acceptors (Lipinski definition) is 3. The van der Waals surface area contributed by atoms with E-state index in [1.54, 1.807) is 25.1 Å². The van der Waals surface area contributed by atoms with Gasteiger partial charge in [-0.05, 0) is 18.1 Å². The average molecular weight is 292 g/mol. The predicted molar refractivity (Wildman–Crippen MR) is 79.1 cm³/mol. The maximum atomic E-state index is 12.3. The van der Waals surface area contributed by atoms with E-state index >= 15 is 0 Å². The summed E-state index contributed by atoms with van der Waals surface area (Å²) >= 11 is 0. The number of carbonyl (C=O) groups is 3. The number of nitrogens with one attached hydrogen (secondary N) is 2. The lowest BCUT2D eigenvalue weighted by Crippen LogP contribution is -2.45. The van der Waals surface area contributed by atoms with Crippen molar-refractivity contribution in [1.29, 1.82) is 0 Å². The first kappa shape index (κ1) is 16.7. The van der Waals surface area contributed by atoms with Crippen LogP contribution in [-0.2, 0) is 9.59 Å². The zero-order valence-electron chi connectivity index (χ0n) is 12.3. The summed E-state index contributed by atoms with van der Waals surface area (Å²) in [6.45, 7) is 4.96. The van der Waals surface area contributed by atoms with Gasteiger partial charge in [0.15, 0.2) is 0 Å². The van der Waals surface area contributed by atoms with Crippen LogP contribution in [0.25, 0.3) is 0 Å². The van der Waals surface area contributed by atoms with E-state index in [4.69, 9.17) is 0 Å². The molecule has 0 unspecified atom stereocenters. The topological polar surface area (TPSA) is 95.5 Å². The van der Waals surface area contributed by atoms with Crippen LogP contribution in [0.4, 0.5) is 5.69 Å². The van der Waals surface area contributed by atoms with Crippen LogP contribution in [0.1, 0.15) is 37.6 Å². The number of rotatable bonds is 6. The Kier molecular flexibility index (Phi) is 5.90. The Morgan fingerprint density at radius 3 is 2.38 bits per heavy atom. The Hall–Kier alpha value is -2.37. The largest absolute Gasteiger partial charge is 0.480 e. The summed E-state index contributed by atoms with van der Waals surface area (Å²) in [5, 5.41) is 14.3. The van der Waals surface area contributed by atoms with E-state index in [0.29, 0.717) is 12.1 Å². The van der Waals surface area contributed by atoms with Crippen molar-refractivity contribution in [3.8, 4) is 0 Å². The molecule has 2 amide bonds. The van der Waals surface area contributed by atoms with Crippen molar-refractivity contribution in [1.82, 2.24) is 5.32 Å². The van der Waals surface area contributed by atoms with Crippen LogP contribution < -0.4 is 10.6 Å². The molecule has 0 heterocycles. The molecular weight excluding hydrogens is 272 g/mol.